The number of nitrogens with one attached hydrogen (secondary N) is 2. The van der Waals surface area contributed by atoms with Crippen LogP contribution in [0.1, 0.15) is 11.1 Å². The molecule has 0 aliphatic heterocycles. The molecule has 26 heavy (non-hydrogen) atoms. The van der Waals surface area contributed by atoms with Crippen molar-refractivity contribution in [3.8, 4) is 0 Å². The number of amides is 2. The summed E-state index contributed by atoms with van der Waals surface area (Å²) in [5, 5.41) is 6.32. The third kappa shape index (κ3) is 7.72. The first kappa shape index (κ1) is 19.3. The molecule has 0 fully saturated rings. The maximum Gasteiger partial charge on any atom is 0.259 e. The van der Waals surface area contributed by atoms with Crippen molar-refractivity contribution < 1.29 is 9.59 Å². The van der Waals surface area contributed by atoms with Gasteiger partial charge >= 0.3 is 0 Å². The number of benzene rings is 2. The van der Waals surface area contributed by atoms with E-state index in [9.17, 15) is 9.59 Å². The molecule has 5 nitrogen and oxygen atoms in total. The minimum atomic E-state index is -0.414. The van der Waals surface area contributed by atoms with E-state index in [-0.39, 0.29) is 12.5 Å². The predicted molar refractivity (Wildman–Crippen MR) is 108 cm³/mol. The Morgan fingerprint density at radius 3 is 2.23 bits per heavy atom. The zero-order valence-electron chi connectivity index (χ0n) is 13.9. The minimum absolute atomic E-state index is 0.157. The molecule has 2 N–H and O–H groups in total. The molecule has 0 atom stereocenters. The van der Waals surface area contributed by atoms with Crippen LogP contribution in [-0.4, -0.2) is 24.6 Å². The van der Waals surface area contributed by atoms with Gasteiger partial charge in [-0.3, -0.25) is 9.59 Å². The molecular formula is C20H18BrN3O2. The normalized spacial score (nSPS) is 11.7. The van der Waals surface area contributed by atoms with E-state index in [0.717, 1.165) is 11.1 Å². The van der Waals surface area contributed by atoms with Gasteiger partial charge in [-0.2, -0.15) is 5.10 Å². The van der Waals surface area contributed by atoms with Crippen LogP contribution in [0.2, 0.25) is 0 Å². The summed E-state index contributed by atoms with van der Waals surface area (Å²) in [7, 11) is 0. The molecule has 0 bridgehead atoms. The zero-order valence-corrected chi connectivity index (χ0v) is 15.5. The number of rotatable bonds is 7. The van der Waals surface area contributed by atoms with Crippen molar-refractivity contribution in [3.63, 3.8) is 0 Å². The van der Waals surface area contributed by atoms with Gasteiger partial charge in [-0.05, 0) is 39.2 Å². The highest BCUT2D eigenvalue weighted by molar-refractivity contribution is 9.12. The molecule has 0 heterocycles. The SMILES string of the molecule is O=C(C=Cc1ccccc1)NCC(=O)NN=CC(Br)=Cc1ccccc1. The molecule has 0 spiro atoms. The molecule has 0 saturated carbocycles. The molecule has 2 rings (SSSR count). The standard InChI is InChI=1S/C20H18BrN3O2/c21-18(13-17-9-5-2-6-10-17)14-23-24-20(26)15-22-19(25)12-11-16-7-3-1-4-8-16/h1-14H,15H2,(H,22,25)(H,24,26). The fraction of sp³-hybridized carbons (Fsp3) is 0.0500. The molecule has 0 aromatic heterocycles. The van der Waals surface area contributed by atoms with Crippen LogP contribution in [-0.2, 0) is 9.59 Å². The lowest BCUT2D eigenvalue weighted by Crippen LogP contribution is -2.33. The van der Waals surface area contributed by atoms with Crippen LogP contribution in [0, 0.1) is 0 Å². The average Bonchev–Trinajstić information content (AvgIpc) is 2.66. The van der Waals surface area contributed by atoms with Gasteiger partial charge in [0.1, 0.15) is 0 Å². The Hall–Kier alpha value is -2.99. The summed E-state index contributed by atoms with van der Waals surface area (Å²) in [5.41, 5.74) is 4.27. The Bertz CT molecular complexity index is 815. The van der Waals surface area contributed by atoms with Gasteiger partial charge in [0.05, 0.1) is 12.8 Å². The largest absolute Gasteiger partial charge is 0.343 e. The van der Waals surface area contributed by atoms with Gasteiger partial charge in [0.15, 0.2) is 0 Å². The Balaban J connectivity index is 1.72. The summed E-state index contributed by atoms with van der Waals surface area (Å²) in [5.74, 6) is -0.763. The first-order chi connectivity index (χ1) is 12.6. The maximum absolute atomic E-state index is 11.7. The van der Waals surface area contributed by atoms with Crippen molar-refractivity contribution in [1.29, 1.82) is 0 Å². The highest BCUT2D eigenvalue weighted by Gasteiger charge is 2.01. The number of nitrogens with zero attached hydrogens (tertiary/aromatic N) is 1. The fourth-order valence-corrected chi connectivity index (χ4v) is 2.28. The van der Waals surface area contributed by atoms with E-state index in [4.69, 9.17) is 0 Å². The molecule has 2 aromatic rings. The van der Waals surface area contributed by atoms with Crippen molar-refractivity contribution in [2.75, 3.05) is 6.54 Å². The Kier molecular flexibility index (Phi) is 8.02. The first-order valence-electron chi connectivity index (χ1n) is 7.88. The van der Waals surface area contributed by atoms with Crippen LogP contribution in [0.15, 0.2) is 76.3 Å². The van der Waals surface area contributed by atoms with Gasteiger partial charge in [0.25, 0.3) is 5.91 Å². The van der Waals surface area contributed by atoms with E-state index in [1.807, 2.05) is 66.7 Å². The van der Waals surface area contributed by atoms with Crippen LogP contribution < -0.4 is 10.7 Å². The van der Waals surface area contributed by atoms with E-state index < -0.39 is 5.91 Å². The predicted octanol–water partition coefficient (Wildman–Crippen LogP) is 3.35. The van der Waals surface area contributed by atoms with E-state index >= 15 is 0 Å². The zero-order chi connectivity index (χ0) is 18.6. The minimum Gasteiger partial charge on any atom is -0.343 e. The molecule has 6 heteroatoms. The summed E-state index contributed by atoms with van der Waals surface area (Å²) in [4.78, 5) is 23.3. The quantitative estimate of drug-likeness (QED) is 0.416. The van der Waals surface area contributed by atoms with Gasteiger partial charge in [-0.15, -0.1) is 0 Å². The van der Waals surface area contributed by atoms with Crippen molar-refractivity contribution in [2.24, 2.45) is 5.10 Å². The lowest BCUT2D eigenvalue weighted by atomic mass is 10.2. The van der Waals surface area contributed by atoms with Gasteiger partial charge < -0.3 is 5.32 Å². The van der Waals surface area contributed by atoms with Crippen LogP contribution in [0.4, 0.5) is 0 Å². The first-order valence-corrected chi connectivity index (χ1v) is 8.68. The van der Waals surface area contributed by atoms with Gasteiger partial charge in [-0.25, -0.2) is 5.43 Å². The summed E-state index contributed by atoms with van der Waals surface area (Å²) in [6.07, 6.45) is 6.40. The summed E-state index contributed by atoms with van der Waals surface area (Å²) < 4.78 is 0.707. The number of carbonyl (C=O) groups excluding carboxylic acids is 2. The third-order valence-corrected chi connectivity index (χ3v) is 3.56. The number of allylic oxidation sites excluding steroid dienone is 1. The molecule has 0 saturated heterocycles. The summed E-state index contributed by atoms with van der Waals surface area (Å²) >= 11 is 3.35. The molecule has 132 valence electrons. The van der Waals surface area contributed by atoms with E-state index in [2.05, 4.69) is 31.8 Å². The lowest BCUT2D eigenvalue weighted by Gasteiger charge is -2.01. The lowest BCUT2D eigenvalue weighted by molar-refractivity contribution is -0.123. The molecule has 0 aliphatic rings. The second-order valence-corrected chi connectivity index (χ2v) is 6.11. The summed E-state index contributed by atoms with van der Waals surface area (Å²) in [6, 6.07) is 19.1. The molecule has 2 amide bonds. The van der Waals surface area contributed by atoms with Crippen LogP contribution in [0.5, 0.6) is 0 Å². The summed E-state index contributed by atoms with van der Waals surface area (Å²) in [6.45, 7) is -0.157. The Morgan fingerprint density at radius 2 is 1.58 bits per heavy atom. The van der Waals surface area contributed by atoms with Crippen LogP contribution in [0.25, 0.3) is 12.2 Å². The number of hydrazone groups is 1. The monoisotopic (exact) mass is 411 g/mol. The number of hydrogen-bond donors (Lipinski definition) is 2. The fourth-order valence-electron chi connectivity index (χ4n) is 1.91. The number of halogens is 1. The second kappa shape index (κ2) is 10.8. The van der Waals surface area contributed by atoms with Crippen molar-refractivity contribution >= 4 is 46.1 Å². The maximum atomic E-state index is 11.7. The second-order valence-electron chi connectivity index (χ2n) is 5.19. The van der Waals surface area contributed by atoms with Crippen molar-refractivity contribution in [2.45, 2.75) is 0 Å². The Labute approximate surface area is 160 Å². The van der Waals surface area contributed by atoms with Crippen molar-refractivity contribution in [1.82, 2.24) is 10.7 Å². The van der Waals surface area contributed by atoms with Gasteiger partial charge in [-0.1, -0.05) is 60.7 Å². The molecule has 0 aliphatic carbocycles. The smallest absolute Gasteiger partial charge is 0.259 e. The van der Waals surface area contributed by atoms with Crippen LogP contribution in [0.3, 0.4) is 0 Å². The Morgan fingerprint density at radius 1 is 0.962 bits per heavy atom. The molecule has 0 unspecified atom stereocenters. The van der Waals surface area contributed by atoms with Gasteiger partial charge in [0, 0.05) is 10.6 Å². The molecule has 2 aromatic carbocycles. The van der Waals surface area contributed by atoms with Crippen LogP contribution >= 0.6 is 15.9 Å². The highest BCUT2D eigenvalue weighted by atomic mass is 79.9. The third-order valence-electron chi connectivity index (χ3n) is 3.13. The van der Waals surface area contributed by atoms with Crippen molar-refractivity contribution in [3.05, 3.63) is 82.3 Å². The number of carbonyl (C=O) groups is 2. The molecule has 0 radical (unpaired) electrons. The number of hydrogen-bond acceptors (Lipinski definition) is 3. The van der Waals surface area contributed by atoms with Gasteiger partial charge in [0.2, 0.25) is 5.91 Å². The topological polar surface area (TPSA) is 70.6 Å². The van der Waals surface area contributed by atoms with E-state index in [1.165, 1.54) is 12.3 Å². The van der Waals surface area contributed by atoms with E-state index in [1.54, 1.807) is 6.08 Å². The van der Waals surface area contributed by atoms with E-state index in [0.29, 0.717) is 4.48 Å². The highest BCUT2D eigenvalue weighted by Crippen LogP contribution is 2.09. The average molecular weight is 412 g/mol. The molecular weight excluding hydrogens is 394 g/mol.